The zero-order chi connectivity index (χ0) is 16.1. The minimum Gasteiger partial charge on any atom is -0.383 e. The summed E-state index contributed by atoms with van der Waals surface area (Å²) in [6, 6.07) is 9.16. The van der Waals surface area contributed by atoms with E-state index in [-0.39, 0.29) is 11.6 Å². The largest absolute Gasteiger partial charge is 0.383 e. The van der Waals surface area contributed by atoms with E-state index < -0.39 is 0 Å². The Labute approximate surface area is 134 Å². The van der Waals surface area contributed by atoms with Gasteiger partial charge in [-0.2, -0.15) is 5.26 Å². The first-order valence-corrected chi connectivity index (χ1v) is 7.11. The van der Waals surface area contributed by atoms with Crippen LogP contribution in [0.1, 0.15) is 21.6 Å². The molecule has 0 unspecified atom stereocenters. The highest BCUT2D eigenvalue weighted by Gasteiger charge is 2.19. The fourth-order valence-corrected chi connectivity index (χ4v) is 2.32. The number of aryl methyl sites for hydroxylation is 1. The number of ether oxygens (including phenoxy) is 1. The first-order chi connectivity index (χ1) is 10.6. The van der Waals surface area contributed by atoms with Crippen molar-refractivity contribution in [2.24, 2.45) is 0 Å². The quantitative estimate of drug-likeness (QED) is 0.862. The number of hydrogen-bond donors (Lipinski definition) is 1. The van der Waals surface area contributed by atoms with E-state index >= 15 is 0 Å². The van der Waals surface area contributed by atoms with Crippen molar-refractivity contribution in [2.75, 3.05) is 20.3 Å². The maximum Gasteiger partial charge on any atom is 0.269 e. The van der Waals surface area contributed by atoms with Gasteiger partial charge in [0.15, 0.2) is 0 Å². The number of aromatic nitrogens is 1. The Kier molecular flexibility index (Phi) is 5.21. The number of nitrogens with zero attached hydrogens (tertiary/aromatic N) is 2. The molecular formula is C16H16ClN3O2. The van der Waals surface area contributed by atoms with Crippen LogP contribution in [0.4, 0.5) is 0 Å². The van der Waals surface area contributed by atoms with Gasteiger partial charge in [-0.1, -0.05) is 17.7 Å². The number of carbonyl (C=O) groups excluding carboxylic acids is 1. The SMILES string of the molecule is COCCNC(=O)c1c(C#N)ccn1-c1cc(C)ccc1Cl. The van der Waals surface area contributed by atoms with E-state index in [1.807, 2.05) is 25.1 Å². The minimum atomic E-state index is -0.337. The Bertz CT molecular complexity index is 731. The van der Waals surface area contributed by atoms with Crippen molar-refractivity contribution in [1.29, 1.82) is 5.26 Å². The number of hydrogen-bond acceptors (Lipinski definition) is 3. The topological polar surface area (TPSA) is 67.0 Å². The van der Waals surface area contributed by atoms with E-state index in [0.717, 1.165) is 5.56 Å². The molecule has 0 saturated carbocycles. The third-order valence-corrected chi connectivity index (χ3v) is 3.49. The standard InChI is InChI=1S/C16H16ClN3O2/c1-11-3-4-13(17)14(9-11)20-7-5-12(10-18)15(20)16(21)19-6-8-22-2/h3-5,7,9H,6,8H2,1-2H3,(H,19,21). The second-order valence-electron chi connectivity index (χ2n) is 4.76. The normalized spacial score (nSPS) is 10.3. The van der Waals surface area contributed by atoms with Crippen molar-refractivity contribution < 1.29 is 9.53 Å². The van der Waals surface area contributed by atoms with E-state index in [0.29, 0.717) is 29.4 Å². The lowest BCUT2D eigenvalue weighted by molar-refractivity contribution is 0.0930. The highest BCUT2D eigenvalue weighted by atomic mass is 35.5. The molecule has 0 saturated heterocycles. The molecule has 0 bridgehead atoms. The smallest absolute Gasteiger partial charge is 0.269 e. The van der Waals surface area contributed by atoms with Gasteiger partial charge in [0.2, 0.25) is 0 Å². The van der Waals surface area contributed by atoms with E-state index in [1.54, 1.807) is 30.0 Å². The van der Waals surface area contributed by atoms with Crippen molar-refractivity contribution in [3.8, 4) is 11.8 Å². The molecular weight excluding hydrogens is 302 g/mol. The first kappa shape index (κ1) is 16.1. The summed E-state index contributed by atoms with van der Waals surface area (Å²) in [6.07, 6.45) is 1.67. The summed E-state index contributed by atoms with van der Waals surface area (Å²) in [6.45, 7) is 2.71. The number of methoxy groups -OCH3 is 1. The number of amides is 1. The average Bonchev–Trinajstić information content (AvgIpc) is 2.93. The third-order valence-electron chi connectivity index (χ3n) is 3.17. The van der Waals surface area contributed by atoms with Crippen molar-refractivity contribution >= 4 is 17.5 Å². The van der Waals surface area contributed by atoms with E-state index in [9.17, 15) is 10.1 Å². The fourth-order valence-electron chi connectivity index (χ4n) is 2.11. The molecule has 6 heteroatoms. The zero-order valence-electron chi connectivity index (χ0n) is 12.4. The van der Waals surface area contributed by atoms with Crippen LogP contribution in [0.5, 0.6) is 0 Å². The third kappa shape index (κ3) is 3.30. The molecule has 0 radical (unpaired) electrons. The molecule has 2 aromatic rings. The Morgan fingerprint density at radius 1 is 1.45 bits per heavy atom. The number of halogens is 1. The van der Waals surface area contributed by atoms with Gasteiger partial charge in [0.25, 0.3) is 5.91 Å². The van der Waals surface area contributed by atoms with Gasteiger partial charge in [0.1, 0.15) is 11.8 Å². The molecule has 0 aliphatic heterocycles. The van der Waals surface area contributed by atoms with E-state index in [1.165, 1.54) is 0 Å². The van der Waals surface area contributed by atoms with Gasteiger partial charge in [-0.25, -0.2) is 0 Å². The van der Waals surface area contributed by atoms with Crippen LogP contribution in [0.3, 0.4) is 0 Å². The van der Waals surface area contributed by atoms with Crippen LogP contribution in [-0.2, 0) is 4.74 Å². The Morgan fingerprint density at radius 3 is 2.91 bits per heavy atom. The molecule has 0 atom stereocenters. The van der Waals surface area contributed by atoms with Gasteiger partial charge in [-0.05, 0) is 30.7 Å². The number of nitrogens with one attached hydrogen (secondary N) is 1. The highest BCUT2D eigenvalue weighted by molar-refractivity contribution is 6.32. The molecule has 1 amide bonds. The molecule has 2 rings (SSSR count). The average molecular weight is 318 g/mol. The molecule has 0 aliphatic rings. The van der Waals surface area contributed by atoms with Crippen LogP contribution >= 0.6 is 11.6 Å². The Balaban J connectivity index is 2.45. The van der Waals surface area contributed by atoms with Gasteiger partial charge in [-0.15, -0.1) is 0 Å². The van der Waals surface area contributed by atoms with Gasteiger partial charge < -0.3 is 14.6 Å². The number of benzene rings is 1. The van der Waals surface area contributed by atoms with Crippen LogP contribution < -0.4 is 5.32 Å². The van der Waals surface area contributed by atoms with Crippen molar-refractivity contribution in [3.63, 3.8) is 0 Å². The predicted molar refractivity (Wildman–Crippen MR) is 84.4 cm³/mol. The first-order valence-electron chi connectivity index (χ1n) is 6.73. The van der Waals surface area contributed by atoms with Gasteiger partial charge in [0.05, 0.1) is 22.9 Å². The van der Waals surface area contributed by atoms with Gasteiger partial charge in [-0.3, -0.25) is 4.79 Å². The summed E-state index contributed by atoms with van der Waals surface area (Å²) in [5.74, 6) is -0.337. The summed E-state index contributed by atoms with van der Waals surface area (Å²) in [4.78, 5) is 12.4. The minimum absolute atomic E-state index is 0.270. The van der Waals surface area contributed by atoms with Crippen LogP contribution in [0.15, 0.2) is 30.5 Å². The monoisotopic (exact) mass is 317 g/mol. The van der Waals surface area contributed by atoms with E-state index in [4.69, 9.17) is 16.3 Å². The van der Waals surface area contributed by atoms with Gasteiger partial charge >= 0.3 is 0 Å². The summed E-state index contributed by atoms with van der Waals surface area (Å²) in [5, 5.41) is 12.5. The van der Waals surface area contributed by atoms with Crippen molar-refractivity contribution in [3.05, 3.63) is 52.3 Å². The summed E-state index contributed by atoms with van der Waals surface area (Å²) >= 11 is 6.23. The molecule has 0 aliphatic carbocycles. The summed E-state index contributed by atoms with van der Waals surface area (Å²) in [7, 11) is 1.56. The van der Waals surface area contributed by atoms with Crippen molar-refractivity contribution in [2.45, 2.75) is 6.92 Å². The molecule has 5 nitrogen and oxygen atoms in total. The lowest BCUT2D eigenvalue weighted by atomic mass is 10.2. The molecule has 1 aromatic carbocycles. The molecule has 0 fully saturated rings. The number of nitriles is 1. The lowest BCUT2D eigenvalue weighted by Crippen LogP contribution is -2.29. The zero-order valence-corrected chi connectivity index (χ0v) is 13.1. The maximum atomic E-state index is 12.4. The van der Waals surface area contributed by atoms with Crippen LogP contribution in [0.25, 0.3) is 5.69 Å². The Morgan fingerprint density at radius 2 is 2.23 bits per heavy atom. The lowest BCUT2D eigenvalue weighted by Gasteiger charge is -2.12. The summed E-state index contributed by atoms with van der Waals surface area (Å²) < 4.78 is 6.54. The van der Waals surface area contributed by atoms with Gasteiger partial charge in [0, 0.05) is 19.9 Å². The van der Waals surface area contributed by atoms with Crippen molar-refractivity contribution in [1.82, 2.24) is 9.88 Å². The van der Waals surface area contributed by atoms with Crippen LogP contribution in [-0.4, -0.2) is 30.7 Å². The second kappa shape index (κ2) is 7.12. The highest BCUT2D eigenvalue weighted by Crippen LogP contribution is 2.25. The molecule has 1 N–H and O–H groups in total. The fraction of sp³-hybridized carbons (Fsp3) is 0.250. The molecule has 1 heterocycles. The maximum absolute atomic E-state index is 12.4. The van der Waals surface area contributed by atoms with E-state index in [2.05, 4.69) is 5.32 Å². The molecule has 22 heavy (non-hydrogen) atoms. The molecule has 114 valence electrons. The number of rotatable bonds is 5. The predicted octanol–water partition coefficient (Wildman–Crippen LogP) is 2.69. The number of carbonyl (C=O) groups is 1. The summed E-state index contributed by atoms with van der Waals surface area (Å²) in [5.41, 5.74) is 2.25. The Hall–Kier alpha value is -2.29. The van der Waals surface area contributed by atoms with Crippen LogP contribution in [0, 0.1) is 18.3 Å². The second-order valence-corrected chi connectivity index (χ2v) is 5.17. The van der Waals surface area contributed by atoms with Crippen LogP contribution in [0.2, 0.25) is 5.02 Å². The molecule has 1 aromatic heterocycles. The molecule has 0 spiro atoms.